The topological polar surface area (TPSA) is 44.8 Å². The Balaban J connectivity index is 1.89. The van der Waals surface area contributed by atoms with Crippen LogP contribution in [0.2, 0.25) is 0 Å². The molecule has 0 aromatic heterocycles. The van der Waals surface area contributed by atoms with Crippen LogP contribution in [0.4, 0.5) is 0 Å². The highest BCUT2D eigenvalue weighted by molar-refractivity contribution is 7.49. The van der Waals surface area contributed by atoms with Crippen molar-refractivity contribution in [3.05, 3.63) is 54.6 Å². The molecule has 2 aliphatic heterocycles. The molecule has 2 bridgehead atoms. The van der Waals surface area contributed by atoms with Gasteiger partial charge in [0.05, 0.1) is 0 Å². The molecule has 86 valence electrons. The second-order valence-electron chi connectivity index (χ2n) is 3.51. The van der Waals surface area contributed by atoms with Gasteiger partial charge in [0.2, 0.25) is 0 Å². The van der Waals surface area contributed by atoms with Crippen molar-refractivity contribution in [3.8, 4) is 17.2 Å². The molecule has 0 aliphatic carbocycles. The van der Waals surface area contributed by atoms with Crippen LogP contribution < -0.4 is 13.6 Å². The van der Waals surface area contributed by atoms with Gasteiger partial charge in [-0.25, -0.2) is 0 Å². The minimum absolute atomic E-state index is 0.443. The van der Waals surface area contributed by atoms with E-state index in [9.17, 15) is 4.57 Å². The van der Waals surface area contributed by atoms with Crippen molar-refractivity contribution in [3.63, 3.8) is 0 Å². The molecule has 4 nitrogen and oxygen atoms in total. The molecule has 0 radical (unpaired) electrons. The van der Waals surface area contributed by atoms with Gasteiger partial charge in [-0.05, 0) is 36.4 Å². The largest absolute Gasteiger partial charge is 0.647 e. The predicted molar refractivity (Wildman–Crippen MR) is 62.4 cm³/mol. The van der Waals surface area contributed by atoms with Crippen LogP contribution in [0.1, 0.15) is 0 Å². The van der Waals surface area contributed by atoms with Gasteiger partial charge in [-0.15, -0.1) is 0 Å². The van der Waals surface area contributed by atoms with Crippen LogP contribution in [0.25, 0.3) is 0 Å². The smallest absolute Gasteiger partial charge is 0.386 e. The number of benzene rings is 2. The standard InChI is InChI=1S/C12H9O4P/c13-17(14-10-4-2-1-3-5-10)15-11-6-7-12(16-17)9-8-11/h1-9H. The van der Waals surface area contributed by atoms with Crippen molar-refractivity contribution < 1.29 is 18.1 Å². The lowest BCUT2D eigenvalue weighted by Gasteiger charge is -2.15. The molecule has 0 saturated carbocycles. The van der Waals surface area contributed by atoms with Gasteiger partial charge in [0.1, 0.15) is 17.2 Å². The van der Waals surface area contributed by atoms with Crippen molar-refractivity contribution in [2.24, 2.45) is 0 Å². The normalized spacial score (nSPS) is 15.5. The van der Waals surface area contributed by atoms with Gasteiger partial charge in [0.15, 0.2) is 0 Å². The maximum Gasteiger partial charge on any atom is 0.647 e. The Morgan fingerprint density at radius 1 is 0.824 bits per heavy atom. The zero-order valence-electron chi connectivity index (χ0n) is 8.78. The van der Waals surface area contributed by atoms with E-state index in [0.29, 0.717) is 17.2 Å². The van der Waals surface area contributed by atoms with Gasteiger partial charge in [-0.2, -0.15) is 4.57 Å². The van der Waals surface area contributed by atoms with Crippen molar-refractivity contribution in [2.75, 3.05) is 0 Å². The van der Waals surface area contributed by atoms with E-state index < -0.39 is 7.82 Å². The first-order valence-corrected chi connectivity index (χ1v) is 6.54. The van der Waals surface area contributed by atoms with E-state index in [1.54, 1.807) is 48.5 Å². The fraction of sp³-hybridized carbons (Fsp3) is 0. The minimum Gasteiger partial charge on any atom is -0.386 e. The zero-order valence-corrected chi connectivity index (χ0v) is 9.67. The number of fused-ring (bicyclic) bond motifs is 4. The minimum atomic E-state index is -3.63. The van der Waals surface area contributed by atoms with Gasteiger partial charge < -0.3 is 13.6 Å². The van der Waals surface area contributed by atoms with E-state index in [2.05, 4.69) is 0 Å². The van der Waals surface area contributed by atoms with Gasteiger partial charge in [-0.3, -0.25) is 0 Å². The van der Waals surface area contributed by atoms with E-state index in [1.807, 2.05) is 6.07 Å². The monoisotopic (exact) mass is 248 g/mol. The number of hydrogen-bond donors (Lipinski definition) is 0. The lowest BCUT2D eigenvalue weighted by Crippen LogP contribution is -2.04. The predicted octanol–water partition coefficient (Wildman–Crippen LogP) is 3.64. The summed E-state index contributed by atoms with van der Waals surface area (Å²) in [7, 11) is -3.63. The molecule has 4 rings (SSSR count). The number of para-hydroxylation sites is 1. The van der Waals surface area contributed by atoms with Crippen LogP contribution >= 0.6 is 7.82 Å². The molecular weight excluding hydrogens is 239 g/mol. The van der Waals surface area contributed by atoms with Crippen LogP contribution in [-0.4, -0.2) is 0 Å². The van der Waals surface area contributed by atoms with Crippen molar-refractivity contribution in [2.45, 2.75) is 0 Å². The number of phosphoric acid groups is 1. The molecule has 2 aromatic carbocycles. The Morgan fingerprint density at radius 2 is 1.35 bits per heavy atom. The summed E-state index contributed by atoms with van der Waals surface area (Å²) in [4.78, 5) is 0. The Morgan fingerprint density at radius 3 is 1.88 bits per heavy atom. The average Bonchev–Trinajstić information content (AvgIpc) is 2.57. The SMILES string of the molecule is O=P1(Oc2ccccc2)Oc2ccc(cc2)O1. The lowest BCUT2D eigenvalue weighted by atomic mass is 10.3. The second-order valence-corrected chi connectivity index (χ2v) is 4.95. The average molecular weight is 248 g/mol. The lowest BCUT2D eigenvalue weighted by molar-refractivity contribution is 0.304. The zero-order chi connectivity index (χ0) is 11.7. The quantitative estimate of drug-likeness (QED) is 0.761. The Kier molecular flexibility index (Phi) is 2.30. The molecule has 0 atom stereocenters. The molecule has 2 aromatic rings. The van der Waals surface area contributed by atoms with Gasteiger partial charge >= 0.3 is 7.82 Å². The first kappa shape index (κ1) is 10.2. The van der Waals surface area contributed by atoms with Crippen LogP contribution in [0, 0.1) is 0 Å². The van der Waals surface area contributed by atoms with E-state index in [-0.39, 0.29) is 0 Å². The Hall–Kier alpha value is -1.93. The molecular formula is C12H9O4P. The number of phosphoric ester groups is 1. The third kappa shape index (κ3) is 2.12. The number of hydrogen-bond acceptors (Lipinski definition) is 4. The highest BCUT2D eigenvalue weighted by Gasteiger charge is 2.35. The molecule has 2 heterocycles. The summed E-state index contributed by atoms with van der Waals surface area (Å²) in [6, 6.07) is 15.5. The van der Waals surface area contributed by atoms with Crippen LogP contribution in [-0.2, 0) is 4.57 Å². The van der Waals surface area contributed by atoms with E-state index in [0.717, 1.165) is 0 Å². The molecule has 0 unspecified atom stereocenters. The summed E-state index contributed by atoms with van der Waals surface area (Å²) >= 11 is 0. The first-order chi connectivity index (χ1) is 8.23. The molecule has 0 spiro atoms. The van der Waals surface area contributed by atoms with E-state index >= 15 is 0 Å². The van der Waals surface area contributed by atoms with Gasteiger partial charge in [0.25, 0.3) is 0 Å². The summed E-state index contributed by atoms with van der Waals surface area (Å²) in [5, 5.41) is 0. The van der Waals surface area contributed by atoms with Crippen LogP contribution in [0.15, 0.2) is 54.6 Å². The Labute approximate surface area is 98.4 Å². The molecule has 17 heavy (non-hydrogen) atoms. The Bertz CT molecular complexity index is 536. The summed E-state index contributed by atoms with van der Waals surface area (Å²) < 4.78 is 28.0. The molecule has 0 fully saturated rings. The summed E-state index contributed by atoms with van der Waals surface area (Å²) in [5.74, 6) is 1.37. The van der Waals surface area contributed by atoms with E-state index in [1.165, 1.54) is 0 Å². The molecule has 0 N–H and O–H groups in total. The van der Waals surface area contributed by atoms with Crippen molar-refractivity contribution in [1.82, 2.24) is 0 Å². The van der Waals surface area contributed by atoms with Crippen molar-refractivity contribution in [1.29, 1.82) is 0 Å². The fourth-order valence-electron chi connectivity index (χ4n) is 1.49. The highest BCUT2D eigenvalue weighted by atomic mass is 31.2. The molecule has 2 aliphatic rings. The summed E-state index contributed by atoms with van der Waals surface area (Å²) in [5.41, 5.74) is 0. The molecule has 5 heteroatoms. The summed E-state index contributed by atoms with van der Waals surface area (Å²) in [6.07, 6.45) is 0. The maximum absolute atomic E-state index is 12.3. The third-order valence-corrected chi connectivity index (χ3v) is 3.52. The molecule has 0 saturated heterocycles. The van der Waals surface area contributed by atoms with Gasteiger partial charge in [-0.1, -0.05) is 18.2 Å². The first-order valence-electron chi connectivity index (χ1n) is 5.07. The van der Waals surface area contributed by atoms with E-state index in [4.69, 9.17) is 13.6 Å². The number of rotatable bonds is 2. The fourth-order valence-corrected chi connectivity index (χ4v) is 2.74. The molecule has 0 amide bonds. The van der Waals surface area contributed by atoms with Crippen LogP contribution in [0.3, 0.4) is 0 Å². The van der Waals surface area contributed by atoms with Crippen LogP contribution in [0.5, 0.6) is 17.2 Å². The summed E-state index contributed by atoms with van der Waals surface area (Å²) in [6.45, 7) is 0. The van der Waals surface area contributed by atoms with Gasteiger partial charge in [0, 0.05) is 0 Å². The third-order valence-electron chi connectivity index (χ3n) is 2.22. The second kappa shape index (κ2) is 3.82. The highest BCUT2D eigenvalue weighted by Crippen LogP contribution is 2.52. The maximum atomic E-state index is 12.3. The van der Waals surface area contributed by atoms with Crippen molar-refractivity contribution >= 4 is 7.82 Å².